The van der Waals surface area contributed by atoms with Gasteiger partial charge in [-0.1, -0.05) is 60.1 Å². The number of hydrogen-bond acceptors (Lipinski definition) is 5. The maximum atomic E-state index is 13.6. The maximum Gasteiger partial charge on any atom is 0.411 e. The number of fused-ring (bicyclic) bond motifs is 1. The number of rotatable bonds is 10. The Morgan fingerprint density at radius 3 is 2.66 bits per heavy atom. The highest BCUT2D eigenvalue weighted by Gasteiger charge is 2.23. The highest BCUT2D eigenvalue weighted by atomic mass is 79.9. The first-order valence-corrected chi connectivity index (χ1v) is 14.2. The molecule has 0 bridgehead atoms. The Kier molecular flexibility index (Phi) is 9.76. The van der Waals surface area contributed by atoms with E-state index in [-0.39, 0.29) is 10.8 Å². The summed E-state index contributed by atoms with van der Waals surface area (Å²) >= 11 is 13.3. The van der Waals surface area contributed by atoms with Gasteiger partial charge in [-0.15, -0.1) is 0 Å². The summed E-state index contributed by atoms with van der Waals surface area (Å²) in [5.41, 5.74) is 2.70. The Morgan fingerprint density at radius 1 is 1.05 bits per heavy atom. The number of halogens is 3. The molecule has 0 atom stereocenters. The second-order valence-corrected chi connectivity index (χ2v) is 10.7. The fraction of sp³-hybridized carbons (Fsp3) is 0.259. The summed E-state index contributed by atoms with van der Waals surface area (Å²) in [6.07, 6.45) is 9.65. The van der Waals surface area contributed by atoms with Crippen LogP contribution in [0.25, 0.3) is 16.8 Å². The molecule has 0 aliphatic heterocycles. The molecule has 3 heterocycles. The van der Waals surface area contributed by atoms with Gasteiger partial charge in [0.25, 0.3) is 5.91 Å². The number of aromatic nitrogens is 3. The van der Waals surface area contributed by atoms with Crippen LogP contribution >= 0.6 is 43.5 Å². The van der Waals surface area contributed by atoms with E-state index in [9.17, 15) is 9.59 Å². The van der Waals surface area contributed by atoms with E-state index < -0.39 is 12.0 Å². The molecule has 0 radical (unpaired) electrons. The molecule has 8 nitrogen and oxygen atoms in total. The lowest BCUT2D eigenvalue weighted by Gasteiger charge is -2.17. The third-order valence-electron chi connectivity index (χ3n) is 5.81. The first kappa shape index (κ1) is 28.1. The summed E-state index contributed by atoms with van der Waals surface area (Å²) in [6.45, 7) is 2.47. The molecule has 0 aliphatic carbocycles. The quantitative estimate of drug-likeness (QED) is 0.131. The zero-order valence-corrected chi connectivity index (χ0v) is 24.6. The van der Waals surface area contributed by atoms with Gasteiger partial charge in [-0.2, -0.15) is 0 Å². The van der Waals surface area contributed by atoms with Crippen molar-refractivity contribution < 1.29 is 14.3 Å². The maximum absolute atomic E-state index is 13.6. The van der Waals surface area contributed by atoms with Gasteiger partial charge in [0.1, 0.15) is 5.15 Å². The number of ether oxygens (including phenoxy) is 1. The predicted octanol–water partition coefficient (Wildman–Crippen LogP) is 8.35. The van der Waals surface area contributed by atoms with Gasteiger partial charge < -0.3 is 14.5 Å². The van der Waals surface area contributed by atoms with Crippen molar-refractivity contribution in [3.8, 4) is 11.3 Å². The lowest BCUT2D eigenvalue weighted by atomic mass is 10.1. The van der Waals surface area contributed by atoms with E-state index in [0.29, 0.717) is 38.2 Å². The Bertz CT molecular complexity index is 1460. The van der Waals surface area contributed by atoms with Crippen LogP contribution < -0.4 is 10.6 Å². The van der Waals surface area contributed by atoms with Gasteiger partial charge in [0.05, 0.1) is 35.4 Å². The fourth-order valence-corrected chi connectivity index (χ4v) is 5.52. The number of carbonyl (C=O) groups is 2. The predicted molar refractivity (Wildman–Crippen MR) is 157 cm³/mol. The molecule has 0 fully saturated rings. The van der Waals surface area contributed by atoms with Gasteiger partial charge >= 0.3 is 6.09 Å². The van der Waals surface area contributed by atoms with Crippen LogP contribution in [0.4, 0.5) is 16.2 Å². The first-order chi connectivity index (χ1) is 18.4. The molecule has 11 heteroatoms. The molecule has 198 valence electrons. The third kappa shape index (κ3) is 6.73. The molecular formula is C27H26Br2ClN5O3. The zero-order chi connectivity index (χ0) is 27.1. The molecule has 4 aromatic rings. The van der Waals surface area contributed by atoms with Crippen LogP contribution in [0.3, 0.4) is 0 Å². The lowest BCUT2D eigenvalue weighted by Crippen LogP contribution is -2.20. The molecule has 0 saturated heterocycles. The Labute approximate surface area is 242 Å². The highest BCUT2D eigenvalue weighted by Crippen LogP contribution is 2.36. The second kappa shape index (κ2) is 13.2. The molecule has 0 unspecified atom stereocenters. The van der Waals surface area contributed by atoms with Crippen molar-refractivity contribution in [2.24, 2.45) is 0 Å². The molecule has 3 aromatic heterocycles. The summed E-state index contributed by atoms with van der Waals surface area (Å²) in [7, 11) is 0. The minimum Gasteiger partial charge on any atom is -0.449 e. The minimum absolute atomic E-state index is 0.138. The van der Waals surface area contributed by atoms with E-state index in [4.69, 9.17) is 16.3 Å². The molecule has 2 N–H and O–H groups in total. The van der Waals surface area contributed by atoms with Crippen LogP contribution in [0.1, 0.15) is 49.5 Å². The highest BCUT2D eigenvalue weighted by molar-refractivity contribution is 9.11. The summed E-state index contributed by atoms with van der Waals surface area (Å²) < 4.78 is 8.44. The number of anilines is 2. The first-order valence-electron chi connectivity index (χ1n) is 12.2. The van der Waals surface area contributed by atoms with Gasteiger partial charge in [0.2, 0.25) is 0 Å². The molecule has 0 spiro atoms. The molecule has 4 rings (SSSR count). The van der Waals surface area contributed by atoms with Crippen molar-refractivity contribution in [2.75, 3.05) is 17.2 Å². The summed E-state index contributed by atoms with van der Waals surface area (Å²) in [4.78, 5) is 34.8. The van der Waals surface area contributed by atoms with Crippen LogP contribution in [0.5, 0.6) is 0 Å². The number of hydrogen-bond donors (Lipinski definition) is 2. The van der Waals surface area contributed by atoms with E-state index in [1.165, 1.54) is 6.42 Å². The zero-order valence-electron chi connectivity index (χ0n) is 20.6. The number of nitrogens with one attached hydrogen (secondary N) is 2. The molecule has 38 heavy (non-hydrogen) atoms. The summed E-state index contributed by atoms with van der Waals surface area (Å²) in [6, 6.07) is 10.7. The van der Waals surface area contributed by atoms with E-state index in [2.05, 4.69) is 59.4 Å². The van der Waals surface area contributed by atoms with Crippen LogP contribution in [0, 0.1) is 0 Å². The standard InChI is InChI=1S/C27H26Br2ClN5O3/c1-2-3-4-5-6-13-38-27(37)33-21-15-17(28)14-20(29)22(21)34-26(36)23-24(19-10-7-11-31-25(19)30)35-12-8-9-18(35)16-32-23/h7-12,14-16H,2-6,13H2,1H3,(H,33,37)(H,34,36). The molecule has 2 amide bonds. The number of amides is 2. The Balaban J connectivity index is 1.59. The van der Waals surface area contributed by atoms with Crippen molar-refractivity contribution in [3.63, 3.8) is 0 Å². The van der Waals surface area contributed by atoms with Crippen molar-refractivity contribution in [1.82, 2.24) is 14.4 Å². The van der Waals surface area contributed by atoms with Crippen LogP contribution in [0.2, 0.25) is 5.15 Å². The minimum atomic E-state index is -0.601. The second-order valence-electron chi connectivity index (χ2n) is 8.54. The molecule has 1 aromatic carbocycles. The van der Waals surface area contributed by atoms with E-state index in [1.807, 2.05) is 22.7 Å². The van der Waals surface area contributed by atoms with Gasteiger partial charge in [-0.3, -0.25) is 10.1 Å². The summed E-state index contributed by atoms with van der Waals surface area (Å²) in [5, 5.41) is 5.87. The Hall–Kier alpha value is -2.95. The monoisotopic (exact) mass is 661 g/mol. The van der Waals surface area contributed by atoms with Crippen LogP contribution in [0.15, 0.2) is 63.9 Å². The van der Waals surface area contributed by atoms with Gasteiger partial charge in [0, 0.05) is 26.9 Å². The normalized spacial score (nSPS) is 10.9. The van der Waals surface area contributed by atoms with E-state index >= 15 is 0 Å². The smallest absolute Gasteiger partial charge is 0.411 e. The topological polar surface area (TPSA) is 97.6 Å². The van der Waals surface area contributed by atoms with E-state index in [0.717, 1.165) is 31.2 Å². The largest absolute Gasteiger partial charge is 0.449 e. The average molecular weight is 664 g/mol. The number of nitrogens with zero attached hydrogens (tertiary/aromatic N) is 3. The van der Waals surface area contributed by atoms with Gasteiger partial charge in [0.15, 0.2) is 5.69 Å². The molecular weight excluding hydrogens is 638 g/mol. The van der Waals surface area contributed by atoms with Crippen molar-refractivity contribution in [3.05, 3.63) is 74.8 Å². The van der Waals surface area contributed by atoms with Crippen LogP contribution in [-0.4, -0.2) is 33.0 Å². The average Bonchev–Trinajstić information content (AvgIpc) is 3.37. The van der Waals surface area contributed by atoms with Crippen molar-refractivity contribution in [1.29, 1.82) is 0 Å². The van der Waals surface area contributed by atoms with Gasteiger partial charge in [-0.05, 0) is 58.7 Å². The molecule has 0 aliphatic rings. The number of unbranched alkanes of at least 4 members (excludes halogenated alkanes) is 4. The van der Waals surface area contributed by atoms with E-state index in [1.54, 1.807) is 36.7 Å². The Morgan fingerprint density at radius 2 is 1.87 bits per heavy atom. The number of pyridine rings is 1. The number of carbonyl (C=O) groups excluding carboxylic acids is 2. The summed E-state index contributed by atoms with van der Waals surface area (Å²) in [5.74, 6) is -0.495. The fourth-order valence-electron chi connectivity index (χ4n) is 3.98. The van der Waals surface area contributed by atoms with Crippen molar-refractivity contribution >= 4 is 72.4 Å². The van der Waals surface area contributed by atoms with Gasteiger partial charge in [-0.25, -0.2) is 14.8 Å². The molecule has 0 saturated carbocycles. The third-order valence-corrected chi connectivity index (χ3v) is 7.20. The SMILES string of the molecule is CCCCCCCOC(=O)Nc1cc(Br)cc(Br)c1NC(=O)c1ncc2cccn2c1-c1cccnc1Cl. The lowest BCUT2D eigenvalue weighted by molar-refractivity contribution is 0.102. The number of benzene rings is 1. The van der Waals surface area contributed by atoms with Crippen LogP contribution in [-0.2, 0) is 4.74 Å². The van der Waals surface area contributed by atoms with Crippen molar-refractivity contribution in [2.45, 2.75) is 39.0 Å².